The molecular formula is C13H18F3N3S. The first kappa shape index (κ1) is 15.5. The molecule has 0 aromatic heterocycles. The molecule has 0 saturated carbocycles. The van der Waals surface area contributed by atoms with Gasteiger partial charge < -0.3 is 0 Å². The van der Waals surface area contributed by atoms with E-state index in [9.17, 15) is 13.2 Å². The van der Waals surface area contributed by atoms with Gasteiger partial charge in [-0.3, -0.25) is 9.91 Å². The monoisotopic (exact) mass is 305 g/mol. The molecule has 1 aromatic rings. The van der Waals surface area contributed by atoms with E-state index in [-0.39, 0.29) is 0 Å². The first-order valence-corrected chi connectivity index (χ1v) is 7.22. The predicted octanol–water partition coefficient (Wildman–Crippen LogP) is 3.16. The summed E-state index contributed by atoms with van der Waals surface area (Å²) in [6, 6.07) is 5.66. The summed E-state index contributed by atoms with van der Waals surface area (Å²) >= 11 is 0.845. The molecule has 7 heteroatoms. The summed E-state index contributed by atoms with van der Waals surface area (Å²) in [7, 11) is 3.97. The summed E-state index contributed by atoms with van der Waals surface area (Å²) in [6.45, 7) is 3.38. The summed E-state index contributed by atoms with van der Waals surface area (Å²) in [5.41, 5.74) is 1.80. The van der Waals surface area contributed by atoms with Crippen LogP contribution in [0.4, 0.5) is 18.9 Å². The third kappa shape index (κ3) is 3.80. The van der Waals surface area contributed by atoms with Crippen LogP contribution in [-0.2, 0) is 0 Å². The summed E-state index contributed by atoms with van der Waals surface area (Å²) in [5, 5.41) is 4.10. The first-order chi connectivity index (χ1) is 9.26. The third-order valence-corrected chi connectivity index (χ3v) is 4.32. The average Bonchev–Trinajstić information content (AvgIpc) is 2.66. The Morgan fingerprint density at radius 3 is 2.45 bits per heavy atom. The maximum Gasteiger partial charge on any atom is 0.398 e. The van der Waals surface area contributed by atoms with Gasteiger partial charge in [0.15, 0.2) is 0 Å². The Balaban J connectivity index is 2.16. The normalized spacial score (nSPS) is 18.0. The maximum absolute atomic E-state index is 12.3. The molecule has 0 aliphatic carbocycles. The van der Waals surface area contributed by atoms with Crippen molar-refractivity contribution < 1.29 is 13.2 Å². The van der Waals surface area contributed by atoms with E-state index < -0.39 is 11.9 Å². The minimum Gasteiger partial charge on any atom is -0.290 e. The molecule has 0 bridgehead atoms. The Morgan fingerprint density at radius 1 is 1.20 bits per heavy atom. The Labute approximate surface area is 121 Å². The fourth-order valence-electron chi connectivity index (χ4n) is 2.15. The van der Waals surface area contributed by atoms with Crippen LogP contribution < -0.4 is 5.01 Å². The number of thioether (sulfide) groups is 1. The molecule has 3 nitrogen and oxygen atoms in total. The highest BCUT2D eigenvalue weighted by atomic mass is 32.2. The molecule has 0 radical (unpaired) electrons. The number of anilines is 1. The van der Waals surface area contributed by atoms with Crippen molar-refractivity contribution >= 4 is 17.4 Å². The number of halogens is 3. The van der Waals surface area contributed by atoms with Crippen molar-refractivity contribution in [1.82, 2.24) is 9.91 Å². The van der Waals surface area contributed by atoms with Gasteiger partial charge in [0.05, 0.1) is 24.8 Å². The van der Waals surface area contributed by atoms with Crippen LogP contribution >= 0.6 is 11.8 Å². The van der Waals surface area contributed by atoms with Crippen LogP contribution in [0.1, 0.15) is 5.56 Å². The second-order valence-electron chi connectivity index (χ2n) is 5.05. The van der Waals surface area contributed by atoms with Crippen LogP contribution in [0.3, 0.4) is 0 Å². The number of nitrogens with zero attached hydrogens (tertiary/aromatic N) is 3. The molecular weight excluding hydrogens is 287 g/mol. The number of rotatable bonds is 3. The quantitative estimate of drug-likeness (QED) is 0.793. The van der Waals surface area contributed by atoms with E-state index in [2.05, 4.69) is 9.91 Å². The molecule has 0 N–H and O–H groups in total. The Hall–Kier alpha value is -0.920. The van der Waals surface area contributed by atoms with Crippen LogP contribution in [0.15, 0.2) is 23.1 Å². The Morgan fingerprint density at radius 2 is 1.90 bits per heavy atom. The Bertz CT molecular complexity index is 478. The molecule has 1 aliphatic heterocycles. The number of benzene rings is 1. The topological polar surface area (TPSA) is 9.72 Å². The lowest BCUT2D eigenvalue weighted by atomic mass is 10.2. The number of hydrazine groups is 1. The van der Waals surface area contributed by atoms with E-state index in [4.69, 9.17) is 0 Å². The standard InChI is InChI=1S/C13H18F3N3S/c1-10-4-5-11(19-9-17(2)8-18(19)3)6-12(10)20-7-13(14,15)16/h4-6H,7-9H2,1-3H3. The molecule has 1 fully saturated rings. The van der Waals surface area contributed by atoms with Crippen molar-refractivity contribution in [3.63, 3.8) is 0 Å². The van der Waals surface area contributed by atoms with E-state index in [1.54, 1.807) is 0 Å². The molecule has 0 unspecified atom stereocenters. The lowest BCUT2D eigenvalue weighted by molar-refractivity contribution is -0.105. The second-order valence-corrected chi connectivity index (χ2v) is 6.07. The van der Waals surface area contributed by atoms with Gasteiger partial charge >= 0.3 is 6.18 Å². The van der Waals surface area contributed by atoms with Crippen LogP contribution in [0.2, 0.25) is 0 Å². The number of hydrogen-bond donors (Lipinski definition) is 0. The molecule has 1 saturated heterocycles. The van der Waals surface area contributed by atoms with Crippen LogP contribution in [0.25, 0.3) is 0 Å². The van der Waals surface area contributed by atoms with Gasteiger partial charge in [0.25, 0.3) is 0 Å². The van der Waals surface area contributed by atoms with Gasteiger partial charge in [0.2, 0.25) is 0 Å². The average molecular weight is 305 g/mol. The molecule has 1 aliphatic rings. The van der Waals surface area contributed by atoms with E-state index in [1.807, 2.05) is 44.2 Å². The summed E-state index contributed by atoms with van der Waals surface area (Å²) < 4.78 is 37.0. The van der Waals surface area contributed by atoms with Crippen molar-refractivity contribution in [3.05, 3.63) is 23.8 Å². The lowest BCUT2D eigenvalue weighted by Crippen LogP contribution is -2.32. The SMILES string of the molecule is Cc1ccc(N2CN(C)CN2C)cc1SCC(F)(F)F. The zero-order chi connectivity index (χ0) is 14.9. The summed E-state index contributed by atoms with van der Waals surface area (Å²) in [4.78, 5) is 2.81. The number of hydrogen-bond acceptors (Lipinski definition) is 4. The molecule has 20 heavy (non-hydrogen) atoms. The zero-order valence-electron chi connectivity index (χ0n) is 11.7. The van der Waals surface area contributed by atoms with Crippen molar-refractivity contribution in [2.24, 2.45) is 0 Å². The molecule has 0 amide bonds. The van der Waals surface area contributed by atoms with Gasteiger partial charge in [0.1, 0.15) is 0 Å². The van der Waals surface area contributed by atoms with Crippen molar-refractivity contribution in [2.45, 2.75) is 18.0 Å². The largest absolute Gasteiger partial charge is 0.398 e. The van der Waals surface area contributed by atoms with Crippen LogP contribution in [-0.4, -0.2) is 49.3 Å². The maximum atomic E-state index is 12.3. The van der Waals surface area contributed by atoms with Crippen molar-refractivity contribution in [3.8, 4) is 0 Å². The van der Waals surface area contributed by atoms with Gasteiger partial charge in [-0.05, 0) is 31.7 Å². The molecule has 1 aromatic carbocycles. The van der Waals surface area contributed by atoms with E-state index in [0.717, 1.165) is 36.4 Å². The molecule has 1 heterocycles. The van der Waals surface area contributed by atoms with Gasteiger partial charge in [-0.2, -0.15) is 13.2 Å². The molecule has 0 atom stereocenters. The minimum absolute atomic E-state index is 0.683. The fraction of sp³-hybridized carbons (Fsp3) is 0.538. The van der Waals surface area contributed by atoms with Gasteiger partial charge in [-0.1, -0.05) is 6.07 Å². The number of aryl methyl sites for hydroxylation is 1. The van der Waals surface area contributed by atoms with E-state index in [0.29, 0.717) is 4.90 Å². The number of alkyl halides is 3. The fourth-order valence-corrected chi connectivity index (χ4v) is 2.97. The van der Waals surface area contributed by atoms with Gasteiger partial charge in [-0.25, -0.2) is 5.01 Å². The minimum atomic E-state index is -4.14. The third-order valence-electron chi connectivity index (χ3n) is 3.09. The van der Waals surface area contributed by atoms with Crippen molar-refractivity contribution in [2.75, 3.05) is 38.2 Å². The van der Waals surface area contributed by atoms with E-state index in [1.165, 1.54) is 0 Å². The predicted molar refractivity (Wildman–Crippen MR) is 75.7 cm³/mol. The second kappa shape index (κ2) is 5.83. The van der Waals surface area contributed by atoms with Crippen LogP contribution in [0.5, 0.6) is 0 Å². The summed E-state index contributed by atoms with van der Waals surface area (Å²) in [5.74, 6) is -0.854. The van der Waals surface area contributed by atoms with Gasteiger partial charge in [0, 0.05) is 11.9 Å². The highest BCUT2D eigenvalue weighted by Crippen LogP contribution is 2.32. The van der Waals surface area contributed by atoms with Crippen molar-refractivity contribution in [1.29, 1.82) is 0 Å². The molecule has 112 valence electrons. The highest BCUT2D eigenvalue weighted by molar-refractivity contribution is 7.99. The smallest absolute Gasteiger partial charge is 0.290 e. The van der Waals surface area contributed by atoms with Gasteiger partial charge in [-0.15, -0.1) is 11.8 Å². The van der Waals surface area contributed by atoms with Crippen LogP contribution in [0, 0.1) is 6.92 Å². The molecule has 2 rings (SSSR count). The first-order valence-electron chi connectivity index (χ1n) is 6.23. The van der Waals surface area contributed by atoms with E-state index >= 15 is 0 Å². The Kier molecular flexibility index (Phi) is 4.51. The zero-order valence-corrected chi connectivity index (χ0v) is 12.6. The summed E-state index contributed by atoms with van der Waals surface area (Å²) in [6.07, 6.45) is -4.14. The highest BCUT2D eigenvalue weighted by Gasteiger charge is 2.28. The lowest BCUT2D eigenvalue weighted by Gasteiger charge is -2.25. The molecule has 0 spiro atoms.